The van der Waals surface area contributed by atoms with Crippen LogP contribution in [0.4, 0.5) is 0 Å². The standard InChI is InChI=1S/C18H20N4O3/c1-19-17(23)14-7-15(18(24)20-16-12-9-25-10-13(12)16)22(21-14)8-11-5-3-2-4-6-11/h2-7,12-13,16H,8-10H2,1H3,(H,19,23)(H,20,24)/t12-,13+,16?. The van der Waals surface area contributed by atoms with E-state index in [1.807, 2.05) is 30.3 Å². The lowest BCUT2D eigenvalue weighted by Gasteiger charge is -2.10. The van der Waals surface area contributed by atoms with Crippen molar-refractivity contribution < 1.29 is 14.3 Å². The highest BCUT2D eigenvalue weighted by atomic mass is 16.5. The second-order valence-electron chi connectivity index (χ2n) is 6.50. The third-order valence-electron chi connectivity index (χ3n) is 4.90. The van der Waals surface area contributed by atoms with Crippen LogP contribution in [0, 0.1) is 11.8 Å². The van der Waals surface area contributed by atoms with Gasteiger partial charge in [-0.15, -0.1) is 0 Å². The lowest BCUT2D eigenvalue weighted by molar-refractivity contribution is 0.0917. The predicted molar refractivity (Wildman–Crippen MR) is 90.2 cm³/mol. The quantitative estimate of drug-likeness (QED) is 0.838. The summed E-state index contributed by atoms with van der Waals surface area (Å²) in [7, 11) is 1.55. The third kappa shape index (κ3) is 3.02. The van der Waals surface area contributed by atoms with E-state index in [1.165, 1.54) is 0 Å². The minimum atomic E-state index is -0.308. The molecular weight excluding hydrogens is 320 g/mol. The first kappa shape index (κ1) is 15.8. The number of ether oxygens (including phenoxy) is 1. The second-order valence-corrected chi connectivity index (χ2v) is 6.50. The molecule has 2 aromatic rings. The smallest absolute Gasteiger partial charge is 0.271 e. The zero-order chi connectivity index (χ0) is 17.4. The SMILES string of the molecule is CNC(=O)c1cc(C(=O)NC2[C@H]3COC[C@@H]23)n(Cc2ccccc2)n1. The number of amides is 2. The molecule has 2 fully saturated rings. The van der Waals surface area contributed by atoms with Gasteiger partial charge in [0.2, 0.25) is 0 Å². The molecule has 1 aromatic carbocycles. The number of hydrogen-bond donors (Lipinski definition) is 2. The van der Waals surface area contributed by atoms with Crippen LogP contribution in [0.2, 0.25) is 0 Å². The summed E-state index contributed by atoms with van der Waals surface area (Å²) in [6.07, 6.45) is 0. The van der Waals surface area contributed by atoms with Crippen molar-refractivity contribution in [2.45, 2.75) is 12.6 Å². The monoisotopic (exact) mass is 340 g/mol. The van der Waals surface area contributed by atoms with Crippen molar-refractivity contribution in [1.29, 1.82) is 0 Å². The first-order chi connectivity index (χ1) is 12.2. The van der Waals surface area contributed by atoms with E-state index in [0.29, 0.717) is 37.3 Å². The molecule has 2 N–H and O–H groups in total. The number of nitrogens with zero attached hydrogens (tertiary/aromatic N) is 2. The van der Waals surface area contributed by atoms with Crippen molar-refractivity contribution >= 4 is 11.8 Å². The molecule has 25 heavy (non-hydrogen) atoms. The average molecular weight is 340 g/mol. The van der Waals surface area contributed by atoms with Gasteiger partial charge in [-0.05, 0) is 5.56 Å². The molecule has 2 aliphatic rings. The third-order valence-corrected chi connectivity index (χ3v) is 4.90. The Morgan fingerprint density at radius 3 is 2.60 bits per heavy atom. The summed E-state index contributed by atoms with van der Waals surface area (Å²) in [5, 5.41) is 9.92. The van der Waals surface area contributed by atoms with E-state index in [0.717, 1.165) is 5.56 Å². The number of rotatable bonds is 5. The molecule has 0 bridgehead atoms. The number of hydrogen-bond acceptors (Lipinski definition) is 4. The van der Waals surface area contributed by atoms with Crippen LogP contribution in [0.15, 0.2) is 36.4 Å². The van der Waals surface area contributed by atoms with Gasteiger partial charge in [-0.3, -0.25) is 14.3 Å². The van der Waals surface area contributed by atoms with Gasteiger partial charge in [-0.1, -0.05) is 30.3 Å². The van der Waals surface area contributed by atoms with Crippen LogP contribution in [-0.4, -0.2) is 47.9 Å². The maximum Gasteiger partial charge on any atom is 0.271 e. The molecule has 3 atom stereocenters. The van der Waals surface area contributed by atoms with Crippen LogP contribution in [0.5, 0.6) is 0 Å². The lowest BCUT2D eigenvalue weighted by atomic mass is 10.2. The van der Waals surface area contributed by atoms with E-state index in [1.54, 1.807) is 17.8 Å². The molecule has 1 aliphatic heterocycles. The van der Waals surface area contributed by atoms with E-state index < -0.39 is 0 Å². The first-order valence-corrected chi connectivity index (χ1v) is 8.40. The minimum absolute atomic E-state index is 0.171. The number of aromatic nitrogens is 2. The maximum absolute atomic E-state index is 12.7. The number of carbonyl (C=O) groups is 2. The highest BCUT2D eigenvalue weighted by Crippen LogP contribution is 2.44. The van der Waals surface area contributed by atoms with Gasteiger partial charge in [0.05, 0.1) is 19.8 Å². The fourth-order valence-electron chi connectivity index (χ4n) is 3.39. The Hall–Kier alpha value is -2.67. The summed E-state index contributed by atoms with van der Waals surface area (Å²) < 4.78 is 6.94. The Labute approximate surface area is 145 Å². The molecule has 1 saturated carbocycles. The summed E-state index contributed by atoms with van der Waals surface area (Å²) in [5.41, 5.74) is 1.65. The lowest BCUT2D eigenvalue weighted by Crippen LogP contribution is -2.31. The van der Waals surface area contributed by atoms with Crippen molar-refractivity contribution in [1.82, 2.24) is 20.4 Å². The van der Waals surface area contributed by atoms with E-state index in [4.69, 9.17) is 4.74 Å². The minimum Gasteiger partial charge on any atom is -0.381 e. The molecule has 1 aliphatic carbocycles. The second kappa shape index (κ2) is 6.33. The number of carbonyl (C=O) groups excluding carboxylic acids is 2. The van der Waals surface area contributed by atoms with Gasteiger partial charge >= 0.3 is 0 Å². The topological polar surface area (TPSA) is 85.3 Å². The molecule has 0 spiro atoms. The average Bonchev–Trinajstić information content (AvgIpc) is 3.00. The Morgan fingerprint density at radius 1 is 1.20 bits per heavy atom. The van der Waals surface area contributed by atoms with Gasteiger partial charge in [0.25, 0.3) is 11.8 Å². The fourth-order valence-corrected chi connectivity index (χ4v) is 3.39. The van der Waals surface area contributed by atoms with E-state index in [9.17, 15) is 9.59 Å². The highest BCUT2D eigenvalue weighted by molar-refractivity contribution is 5.98. The number of nitrogens with one attached hydrogen (secondary N) is 2. The van der Waals surface area contributed by atoms with Crippen molar-refractivity contribution in [3.63, 3.8) is 0 Å². The van der Waals surface area contributed by atoms with Gasteiger partial charge in [-0.25, -0.2) is 0 Å². The fraction of sp³-hybridized carbons (Fsp3) is 0.389. The van der Waals surface area contributed by atoms with Crippen LogP contribution in [0.3, 0.4) is 0 Å². The summed E-state index contributed by atoms with van der Waals surface area (Å²) in [5.74, 6) is 0.344. The van der Waals surface area contributed by atoms with Crippen LogP contribution in [0.25, 0.3) is 0 Å². The van der Waals surface area contributed by atoms with E-state index in [-0.39, 0.29) is 23.6 Å². The molecule has 7 nitrogen and oxygen atoms in total. The number of fused-ring (bicyclic) bond motifs is 1. The molecule has 7 heteroatoms. The molecule has 2 heterocycles. The van der Waals surface area contributed by atoms with Crippen molar-refractivity contribution in [2.75, 3.05) is 20.3 Å². The molecule has 1 aromatic heterocycles. The Morgan fingerprint density at radius 2 is 1.92 bits per heavy atom. The van der Waals surface area contributed by atoms with Gasteiger partial charge in [0.15, 0.2) is 5.69 Å². The van der Waals surface area contributed by atoms with Gasteiger partial charge in [0, 0.05) is 31.0 Å². The van der Waals surface area contributed by atoms with Crippen LogP contribution in [0.1, 0.15) is 26.5 Å². The zero-order valence-electron chi connectivity index (χ0n) is 13.9. The molecule has 2 amide bonds. The highest BCUT2D eigenvalue weighted by Gasteiger charge is 2.54. The van der Waals surface area contributed by atoms with Crippen LogP contribution in [-0.2, 0) is 11.3 Å². The summed E-state index contributed by atoms with van der Waals surface area (Å²) >= 11 is 0. The molecule has 0 radical (unpaired) electrons. The summed E-state index contributed by atoms with van der Waals surface area (Å²) in [6.45, 7) is 1.85. The summed E-state index contributed by atoms with van der Waals surface area (Å²) in [6, 6.07) is 11.4. The normalized spacial score (nSPS) is 23.8. The first-order valence-electron chi connectivity index (χ1n) is 8.40. The van der Waals surface area contributed by atoms with Crippen molar-refractivity contribution in [2.24, 2.45) is 11.8 Å². The van der Waals surface area contributed by atoms with Crippen molar-refractivity contribution in [3.05, 3.63) is 53.3 Å². The number of benzene rings is 1. The molecule has 1 unspecified atom stereocenters. The molecule has 130 valence electrons. The maximum atomic E-state index is 12.7. The molecule has 1 saturated heterocycles. The zero-order valence-corrected chi connectivity index (χ0v) is 13.9. The molecular formula is C18H20N4O3. The predicted octanol–water partition coefficient (Wildman–Crippen LogP) is 0.666. The Bertz CT molecular complexity index is 792. The molecule has 4 rings (SSSR count). The van der Waals surface area contributed by atoms with Crippen molar-refractivity contribution in [3.8, 4) is 0 Å². The largest absolute Gasteiger partial charge is 0.381 e. The van der Waals surface area contributed by atoms with Gasteiger partial charge in [0.1, 0.15) is 5.69 Å². The Balaban J connectivity index is 1.57. The van der Waals surface area contributed by atoms with Crippen LogP contribution < -0.4 is 10.6 Å². The van der Waals surface area contributed by atoms with Crippen LogP contribution >= 0.6 is 0 Å². The van der Waals surface area contributed by atoms with E-state index >= 15 is 0 Å². The van der Waals surface area contributed by atoms with Gasteiger partial charge in [-0.2, -0.15) is 5.10 Å². The van der Waals surface area contributed by atoms with E-state index in [2.05, 4.69) is 15.7 Å². The Kier molecular flexibility index (Phi) is 4.01. The van der Waals surface area contributed by atoms with Gasteiger partial charge < -0.3 is 15.4 Å². The summed E-state index contributed by atoms with van der Waals surface area (Å²) in [4.78, 5) is 24.6.